The summed E-state index contributed by atoms with van der Waals surface area (Å²) >= 11 is 17.6. The predicted molar refractivity (Wildman–Crippen MR) is 62.1 cm³/mol. The van der Waals surface area contributed by atoms with Crippen molar-refractivity contribution >= 4 is 40.8 Å². The van der Waals surface area contributed by atoms with Gasteiger partial charge in [-0.25, -0.2) is 0 Å². The highest BCUT2D eigenvalue weighted by Crippen LogP contribution is 2.34. The number of rotatable bonds is 3. The lowest BCUT2D eigenvalue weighted by Crippen LogP contribution is -2.00. The molecule has 84 valence electrons. The summed E-state index contributed by atoms with van der Waals surface area (Å²) in [6.45, 7) is 0. The number of benzene rings is 1. The van der Waals surface area contributed by atoms with Crippen LogP contribution in [-0.2, 0) is 11.2 Å². The molecule has 0 atom stereocenters. The van der Waals surface area contributed by atoms with Crippen LogP contribution in [0.5, 0.6) is 0 Å². The van der Waals surface area contributed by atoms with Gasteiger partial charge in [-0.15, -0.1) is 0 Å². The Labute approximate surface area is 107 Å². The van der Waals surface area contributed by atoms with Gasteiger partial charge in [0.15, 0.2) is 0 Å². The monoisotopic (exact) mass is 277 g/mol. The van der Waals surface area contributed by atoms with Crippen molar-refractivity contribution in [1.82, 2.24) is 0 Å². The molecule has 1 aromatic rings. The van der Waals surface area contributed by atoms with E-state index in [1.165, 1.54) is 6.07 Å². The van der Waals surface area contributed by atoms with Crippen LogP contribution in [0.3, 0.4) is 0 Å². The van der Waals surface area contributed by atoms with Gasteiger partial charge >= 0.3 is 5.97 Å². The number of carboxylic acids is 1. The van der Waals surface area contributed by atoms with Crippen molar-refractivity contribution in [2.24, 2.45) is 0 Å². The van der Waals surface area contributed by atoms with E-state index in [0.717, 1.165) is 0 Å². The summed E-state index contributed by atoms with van der Waals surface area (Å²) in [6, 6.07) is 3.24. The average molecular weight is 279 g/mol. The number of hydrogen-bond donors (Lipinski definition) is 1. The maximum atomic E-state index is 10.4. The Kier molecular flexibility index (Phi) is 4.43. The molecule has 1 aromatic carbocycles. The fraction of sp³-hybridized carbons (Fsp3) is 0.200. The molecule has 0 aliphatic carbocycles. The van der Waals surface area contributed by atoms with Crippen LogP contribution in [0, 0.1) is 11.3 Å². The van der Waals surface area contributed by atoms with Crippen molar-refractivity contribution in [1.29, 1.82) is 5.26 Å². The summed E-state index contributed by atoms with van der Waals surface area (Å²) in [7, 11) is 0. The Hall–Kier alpha value is -0.950. The average Bonchev–Trinajstić information content (AvgIpc) is 2.16. The summed E-state index contributed by atoms with van der Waals surface area (Å²) in [5.74, 6) is -0.958. The molecule has 0 aromatic heterocycles. The first kappa shape index (κ1) is 13.1. The fourth-order valence-corrected chi connectivity index (χ4v) is 2.23. The van der Waals surface area contributed by atoms with Crippen LogP contribution in [-0.4, -0.2) is 11.1 Å². The predicted octanol–water partition coefficient (Wildman–Crippen LogP) is 3.54. The van der Waals surface area contributed by atoms with Crippen LogP contribution in [0.15, 0.2) is 6.07 Å². The van der Waals surface area contributed by atoms with Gasteiger partial charge in [-0.05, 0) is 18.1 Å². The van der Waals surface area contributed by atoms with E-state index in [-0.39, 0.29) is 33.5 Å². The molecular formula is C10H6Cl3NO2. The molecule has 0 heterocycles. The highest BCUT2D eigenvalue weighted by Gasteiger charge is 2.15. The van der Waals surface area contributed by atoms with Gasteiger partial charge in [-0.3, -0.25) is 4.79 Å². The molecule has 3 nitrogen and oxygen atoms in total. The summed E-state index contributed by atoms with van der Waals surface area (Å²) in [5, 5.41) is 17.9. The fourth-order valence-electron chi connectivity index (χ4n) is 1.19. The van der Waals surface area contributed by atoms with Crippen LogP contribution in [0.2, 0.25) is 15.1 Å². The normalized spacial score (nSPS) is 9.88. The van der Waals surface area contributed by atoms with E-state index >= 15 is 0 Å². The largest absolute Gasteiger partial charge is 0.481 e. The topological polar surface area (TPSA) is 61.1 Å². The molecule has 0 unspecified atom stereocenters. The molecule has 0 amide bonds. The minimum Gasteiger partial charge on any atom is -0.481 e. The van der Waals surface area contributed by atoms with E-state index in [2.05, 4.69) is 0 Å². The van der Waals surface area contributed by atoms with Gasteiger partial charge in [0.1, 0.15) is 6.07 Å². The van der Waals surface area contributed by atoms with E-state index in [1.807, 2.05) is 6.07 Å². The number of hydrogen-bond acceptors (Lipinski definition) is 2. The van der Waals surface area contributed by atoms with Gasteiger partial charge in [-0.1, -0.05) is 34.8 Å². The smallest absolute Gasteiger partial charge is 0.303 e. The second-order valence-electron chi connectivity index (χ2n) is 3.01. The second-order valence-corrected chi connectivity index (χ2v) is 4.21. The second kappa shape index (κ2) is 5.40. The van der Waals surface area contributed by atoms with Crippen molar-refractivity contribution in [3.8, 4) is 6.07 Å². The maximum Gasteiger partial charge on any atom is 0.303 e. The van der Waals surface area contributed by atoms with E-state index in [4.69, 9.17) is 45.2 Å². The van der Waals surface area contributed by atoms with Crippen molar-refractivity contribution in [3.05, 3.63) is 32.3 Å². The Morgan fingerprint density at radius 1 is 1.38 bits per heavy atom. The maximum absolute atomic E-state index is 10.4. The van der Waals surface area contributed by atoms with Gasteiger partial charge in [0.25, 0.3) is 0 Å². The Morgan fingerprint density at radius 3 is 2.50 bits per heavy atom. The summed E-state index contributed by atoms with van der Waals surface area (Å²) < 4.78 is 0. The minimum absolute atomic E-state index is 0.105. The molecule has 0 fully saturated rings. The van der Waals surface area contributed by atoms with E-state index < -0.39 is 5.97 Å². The molecule has 0 radical (unpaired) electrons. The number of halogens is 3. The third kappa shape index (κ3) is 2.79. The molecule has 6 heteroatoms. The molecule has 16 heavy (non-hydrogen) atoms. The zero-order chi connectivity index (χ0) is 12.3. The summed E-state index contributed by atoms with van der Waals surface area (Å²) in [5.41, 5.74) is 0.555. The molecule has 0 bridgehead atoms. The lowest BCUT2D eigenvalue weighted by molar-refractivity contribution is -0.136. The Balaban J connectivity index is 3.19. The summed E-state index contributed by atoms with van der Waals surface area (Å²) in [6.07, 6.45) is 0.0603. The molecule has 0 aliphatic heterocycles. The molecule has 0 saturated carbocycles. The van der Waals surface area contributed by atoms with Gasteiger partial charge in [-0.2, -0.15) is 5.26 Å². The van der Waals surface area contributed by atoms with Crippen molar-refractivity contribution in [2.75, 3.05) is 0 Å². The molecule has 0 saturated heterocycles. The Bertz CT molecular complexity index is 480. The van der Waals surface area contributed by atoms with Crippen LogP contribution in [0.4, 0.5) is 0 Å². The first-order valence-corrected chi connectivity index (χ1v) is 5.39. The van der Waals surface area contributed by atoms with Crippen molar-refractivity contribution in [2.45, 2.75) is 12.8 Å². The van der Waals surface area contributed by atoms with Gasteiger partial charge < -0.3 is 5.11 Å². The zero-order valence-corrected chi connectivity index (χ0v) is 10.2. The van der Waals surface area contributed by atoms with E-state index in [0.29, 0.717) is 5.56 Å². The first-order chi connectivity index (χ1) is 7.47. The van der Waals surface area contributed by atoms with Crippen LogP contribution in [0.1, 0.15) is 17.5 Å². The molecule has 0 aliphatic rings. The third-order valence-corrected chi connectivity index (χ3v) is 3.02. The van der Waals surface area contributed by atoms with Crippen LogP contribution in [0.25, 0.3) is 0 Å². The van der Waals surface area contributed by atoms with Gasteiger partial charge in [0.05, 0.1) is 15.6 Å². The van der Waals surface area contributed by atoms with Crippen molar-refractivity contribution in [3.63, 3.8) is 0 Å². The van der Waals surface area contributed by atoms with Gasteiger partial charge in [0, 0.05) is 11.4 Å². The van der Waals surface area contributed by atoms with E-state index in [1.54, 1.807) is 0 Å². The SMILES string of the molecule is N#Cc1c(Cl)cc(Cl)c(CCC(=O)O)c1Cl. The van der Waals surface area contributed by atoms with Crippen molar-refractivity contribution < 1.29 is 9.90 Å². The lowest BCUT2D eigenvalue weighted by atomic mass is 10.1. The van der Waals surface area contributed by atoms with Crippen LogP contribution < -0.4 is 0 Å². The zero-order valence-electron chi connectivity index (χ0n) is 7.93. The summed E-state index contributed by atoms with van der Waals surface area (Å²) in [4.78, 5) is 10.4. The quantitative estimate of drug-likeness (QED) is 0.920. The lowest BCUT2D eigenvalue weighted by Gasteiger charge is -2.08. The van der Waals surface area contributed by atoms with E-state index in [9.17, 15) is 4.79 Å². The molecule has 1 N–H and O–H groups in total. The standard InChI is InChI=1S/C10H6Cl3NO2/c11-7-3-8(12)6(4-14)10(13)5(7)1-2-9(15)16/h3H,1-2H2,(H,15,16). The molecule has 0 spiro atoms. The number of aliphatic carboxylic acids is 1. The Morgan fingerprint density at radius 2 is 2.00 bits per heavy atom. The first-order valence-electron chi connectivity index (χ1n) is 4.25. The number of carboxylic acid groups (broad SMARTS) is 1. The highest BCUT2D eigenvalue weighted by atomic mass is 35.5. The van der Waals surface area contributed by atoms with Crippen LogP contribution >= 0.6 is 34.8 Å². The highest BCUT2D eigenvalue weighted by molar-refractivity contribution is 6.40. The van der Waals surface area contributed by atoms with Gasteiger partial charge in [0.2, 0.25) is 0 Å². The number of nitriles is 1. The number of nitrogens with zero attached hydrogens (tertiary/aromatic N) is 1. The minimum atomic E-state index is -0.958. The molecule has 1 rings (SSSR count). The molecular weight excluding hydrogens is 272 g/mol. The number of carbonyl (C=O) groups is 1. The third-order valence-electron chi connectivity index (χ3n) is 1.97.